The molecule has 0 aromatic carbocycles. The van der Waals surface area contributed by atoms with E-state index in [1.54, 1.807) is 11.8 Å². The molecule has 0 aliphatic heterocycles. The van der Waals surface area contributed by atoms with Gasteiger partial charge in [-0.25, -0.2) is 0 Å². The van der Waals surface area contributed by atoms with Crippen LogP contribution in [0.15, 0.2) is 6.20 Å². The maximum Gasteiger partial charge on any atom is 0.182 e. The van der Waals surface area contributed by atoms with Crippen LogP contribution in [0.1, 0.15) is 37.2 Å². The van der Waals surface area contributed by atoms with Crippen molar-refractivity contribution in [3.63, 3.8) is 0 Å². The molecule has 0 fully saturated rings. The zero-order chi connectivity index (χ0) is 12.8. The van der Waals surface area contributed by atoms with Crippen molar-refractivity contribution in [3.05, 3.63) is 16.9 Å². The lowest BCUT2D eigenvalue weighted by Gasteiger charge is -2.10. The van der Waals surface area contributed by atoms with Gasteiger partial charge in [0.05, 0.1) is 11.2 Å². The molecule has 4 nitrogen and oxygen atoms in total. The van der Waals surface area contributed by atoms with Crippen LogP contribution in [0.2, 0.25) is 5.02 Å². The zero-order valence-corrected chi connectivity index (χ0v) is 11.3. The Morgan fingerprint density at radius 1 is 1.65 bits per heavy atom. The summed E-state index contributed by atoms with van der Waals surface area (Å²) in [5.74, 6) is 0.221. The van der Waals surface area contributed by atoms with Crippen molar-refractivity contribution in [2.24, 2.45) is 5.92 Å². The van der Waals surface area contributed by atoms with E-state index in [0.29, 0.717) is 30.3 Å². The van der Waals surface area contributed by atoms with Crippen molar-refractivity contribution in [2.75, 3.05) is 13.7 Å². The lowest BCUT2D eigenvalue weighted by atomic mass is 10.0. The Hall–Kier alpha value is -0.870. The number of ketones is 1. The van der Waals surface area contributed by atoms with Gasteiger partial charge in [-0.05, 0) is 12.3 Å². The highest BCUT2D eigenvalue weighted by Gasteiger charge is 2.19. The minimum atomic E-state index is 0.0329. The lowest BCUT2D eigenvalue weighted by Crippen LogP contribution is -2.15. The number of carbonyl (C=O) groups excluding carboxylic acids is 1. The lowest BCUT2D eigenvalue weighted by molar-refractivity contribution is 0.0909. The van der Waals surface area contributed by atoms with Gasteiger partial charge in [-0.1, -0.05) is 25.4 Å². The second-order valence-corrected chi connectivity index (χ2v) is 4.66. The summed E-state index contributed by atoms with van der Waals surface area (Å²) < 4.78 is 6.71. The van der Waals surface area contributed by atoms with E-state index in [-0.39, 0.29) is 11.7 Å². The van der Waals surface area contributed by atoms with E-state index in [0.717, 1.165) is 6.42 Å². The summed E-state index contributed by atoms with van der Waals surface area (Å²) in [4.78, 5) is 12.1. The van der Waals surface area contributed by atoms with Crippen LogP contribution in [0.5, 0.6) is 0 Å². The molecule has 0 N–H and O–H groups in total. The third-order valence-electron chi connectivity index (χ3n) is 2.48. The fraction of sp³-hybridized carbons (Fsp3) is 0.667. The quantitative estimate of drug-likeness (QED) is 0.707. The number of ether oxygens (including phenoxy) is 1. The van der Waals surface area contributed by atoms with Gasteiger partial charge < -0.3 is 4.74 Å². The number of hydrogen-bond acceptors (Lipinski definition) is 3. The van der Waals surface area contributed by atoms with Gasteiger partial charge in [0, 0.05) is 26.7 Å². The van der Waals surface area contributed by atoms with E-state index in [1.807, 2.05) is 13.8 Å². The van der Waals surface area contributed by atoms with Crippen molar-refractivity contribution in [2.45, 2.75) is 33.2 Å². The average molecular weight is 259 g/mol. The molecule has 0 aliphatic rings. The summed E-state index contributed by atoms with van der Waals surface area (Å²) in [5, 5.41) is 4.55. The predicted octanol–water partition coefficient (Wildman–Crippen LogP) is 2.80. The molecule has 1 unspecified atom stereocenters. The van der Waals surface area contributed by atoms with Gasteiger partial charge in [0.2, 0.25) is 0 Å². The maximum atomic E-state index is 12.1. The molecule has 1 atom stereocenters. The van der Waals surface area contributed by atoms with E-state index < -0.39 is 0 Å². The Morgan fingerprint density at radius 2 is 2.35 bits per heavy atom. The van der Waals surface area contributed by atoms with Crippen molar-refractivity contribution in [1.29, 1.82) is 0 Å². The van der Waals surface area contributed by atoms with Gasteiger partial charge in [0.25, 0.3) is 0 Å². The first-order valence-electron chi connectivity index (χ1n) is 5.83. The molecule has 17 heavy (non-hydrogen) atoms. The van der Waals surface area contributed by atoms with Crippen LogP contribution in [0, 0.1) is 5.92 Å². The SMILES string of the molecule is CCCn1ncc(Cl)c1C(=O)CC(C)COC. The predicted molar refractivity (Wildman–Crippen MR) is 67.5 cm³/mol. The number of methoxy groups -OCH3 is 1. The van der Waals surface area contributed by atoms with Crippen LogP contribution in [0.25, 0.3) is 0 Å². The molecule has 1 aromatic heterocycles. The molecule has 1 aromatic rings. The van der Waals surface area contributed by atoms with Gasteiger partial charge in [-0.15, -0.1) is 0 Å². The van der Waals surface area contributed by atoms with Gasteiger partial charge in [-0.3, -0.25) is 9.48 Å². The number of hydrogen-bond donors (Lipinski definition) is 0. The fourth-order valence-electron chi connectivity index (χ4n) is 1.78. The van der Waals surface area contributed by atoms with Crippen LogP contribution >= 0.6 is 11.6 Å². The molecule has 0 bridgehead atoms. The van der Waals surface area contributed by atoms with Gasteiger partial charge in [0.1, 0.15) is 5.69 Å². The third-order valence-corrected chi connectivity index (χ3v) is 2.76. The number of Topliss-reactive ketones (excluding diaryl/α,β-unsaturated/α-hetero) is 1. The number of carbonyl (C=O) groups is 1. The van der Waals surface area contributed by atoms with Crippen LogP contribution in [-0.2, 0) is 11.3 Å². The summed E-state index contributed by atoms with van der Waals surface area (Å²) in [6.45, 7) is 5.31. The van der Waals surface area contributed by atoms with E-state index in [2.05, 4.69) is 5.10 Å². The van der Waals surface area contributed by atoms with Crippen LogP contribution in [-0.4, -0.2) is 29.3 Å². The zero-order valence-electron chi connectivity index (χ0n) is 10.6. The molecule has 0 saturated heterocycles. The second-order valence-electron chi connectivity index (χ2n) is 4.25. The monoisotopic (exact) mass is 258 g/mol. The first-order valence-corrected chi connectivity index (χ1v) is 6.21. The van der Waals surface area contributed by atoms with Crippen LogP contribution in [0.3, 0.4) is 0 Å². The molecule has 1 heterocycles. The van der Waals surface area contributed by atoms with Crippen molar-refractivity contribution in [1.82, 2.24) is 9.78 Å². The molecular formula is C12H19ClN2O2. The Morgan fingerprint density at radius 3 is 2.94 bits per heavy atom. The Balaban J connectivity index is 2.77. The highest BCUT2D eigenvalue weighted by molar-refractivity contribution is 6.33. The summed E-state index contributed by atoms with van der Waals surface area (Å²) >= 11 is 6.00. The van der Waals surface area contributed by atoms with E-state index >= 15 is 0 Å². The Bertz CT molecular complexity index is 377. The first-order chi connectivity index (χ1) is 8.10. The third kappa shape index (κ3) is 3.82. The minimum absolute atomic E-state index is 0.0329. The molecule has 0 aliphatic carbocycles. The van der Waals surface area contributed by atoms with Crippen LogP contribution in [0.4, 0.5) is 0 Å². The van der Waals surface area contributed by atoms with Gasteiger partial charge in [-0.2, -0.15) is 5.10 Å². The largest absolute Gasteiger partial charge is 0.384 e. The van der Waals surface area contributed by atoms with E-state index in [1.165, 1.54) is 6.20 Å². The summed E-state index contributed by atoms with van der Waals surface area (Å²) in [6, 6.07) is 0. The Kier molecular flexibility index (Phi) is 5.65. The molecule has 0 radical (unpaired) electrons. The molecule has 0 spiro atoms. The summed E-state index contributed by atoms with van der Waals surface area (Å²) in [7, 11) is 1.63. The molecular weight excluding hydrogens is 240 g/mol. The van der Waals surface area contributed by atoms with Gasteiger partial charge >= 0.3 is 0 Å². The summed E-state index contributed by atoms with van der Waals surface area (Å²) in [5.41, 5.74) is 0.525. The summed E-state index contributed by atoms with van der Waals surface area (Å²) in [6.07, 6.45) is 2.89. The van der Waals surface area contributed by atoms with E-state index in [9.17, 15) is 4.79 Å². The van der Waals surface area contributed by atoms with Crippen molar-refractivity contribution in [3.8, 4) is 0 Å². The number of halogens is 1. The maximum absolute atomic E-state index is 12.1. The number of rotatable bonds is 7. The first kappa shape index (κ1) is 14.2. The second kappa shape index (κ2) is 6.77. The highest BCUT2D eigenvalue weighted by Crippen LogP contribution is 2.19. The van der Waals surface area contributed by atoms with Crippen LogP contribution < -0.4 is 0 Å². The highest BCUT2D eigenvalue weighted by atomic mass is 35.5. The minimum Gasteiger partial charge on any atom is -0.384 e. The van der Waals surface area contributed by atoms with E-state index in [4.69, 9.17) is 16.3 Å². The molecule has 0 amide bonds. The fourth-order valence-corrected chi connectivity index (χ4v) is 2.02. The molecule has 5 heteroatoms. The molecule has 0 saturated carbocycles. The Labute approximate surface area is 107 Å². The smallest absolute Gasteiger partial charge is 0.182 e. The van der Waals surface area contributed by atoms with Crippen molar-refractivity contribution >= 4 is 17.4 Å². The van der Waals surface area contributed by atoms with Gasteiger partial charge in [0.15, 0.2) is 5.78 Å². The molecule has 1 rings (SSSR count). The molecule has 96 valence electrons. The normalized spacial score (nSPS) is 12.7. The number of aryl methyl sites for hydroxylation is 1. The van der Waals surface area contributed by atoms with Crippen molar-refractivity contribution < 1.29 is 9.53 Å². The number of nitrogens with zero attached hydrogens (tertiary/aromatic N) is 2. The topological polar surface area (TPSA) is 44.1 Å². The standard InChI is InChI=1S/C12H19ClN2O2/c1-4-5-15-12(10(13)7-14-15)11(16)6-9(2)8-17-3/h7,9H,4-6,8H2,1-3H3. The average Bonchev–Trinajstić information content (AvgIpc) is 2.60. The number of aromatic nitrogens is 2.